The lowest BCUT2D eigenvalue weighted by Crippen LogP contribution is -2.71. The van der Waals surface area contributed by atoms with Gasteiger partial charge in [0.05, 0.1) is 37.9 Å². The molecule has 0 saturated carbocycles. The summed E-state index contributed by atoms with van der Waals surface area (Å²) in [5, 5.41) is 92.6. The van der Waals surface area contributed by atoms with Crippen molar-refractivity contribution in [1.82, 2.24) is 0 Å². The van der Waals surface area contributed by atoms with Gasteiger partial charge in [-0.3, -0.25) is 0 Å². The molecule has 3 aliphatic rings. The van der Waals surface area contributed by atoms with Crippen LogP contribution in [-0.4, -0.2) is 157 Å². The molecule has 15 atom stereocenters. The Balaban J connectivity index is 1.51. The van der Waals surface area contributed by atoms with E-state index in [0.717, 1.165) is 0 Å². The number of phenolic OH excluding ortho intramolecular Hbond substituents is 1. The van der Waals surface area contributed by atoms with E-state index in [2.05, 4.69) is 0 Å². The molecule has 1 aromatic carbocycles. The molecule has 17 heteroatoms. The first kappa shape index (κ1) is 33.3. The van der Waals surface area contributed by atoms with Crippen molar-refractivity contribution in [3.63, 3.8) is 0 Å². The van der Waals surface area contributed by atoms with Crippen LogP contribution in [0.2, 0.25) is 0 Å². The molecule has 3 saturated heterocycles. The van der Waals surface area contributed by atoms with Gasteiger partial charge in [0, 0.05) is 6.42 Å². The summed E-state index contributed by atoms with van der Waals surface area (Å²) < 4.78 is 28.5. The lowest BCUT2D eigenvalue weighted by Gasteiger charge is -2.51. The third-order valence-electron chi connectivity index (χ3n) is 8.03. The molecule has 4 rings (SSSR count). The number of aromatic hydroxyl groups is 1. The molecule has 0 radical (unpaired) electrons. The quantitative estimate of drug-likeness (QED) is 0.124. The molecular formula is C25H41N3O14. The predicted octanol–water partition coefficient (Wildman–Crippen LogP) is -6.36. The highest BCUT2D eigenvalue weighted by Crippen LogP contribution is 2.36. The van der Waals surface area contributed by atoms with E-state index in [9.17, 15) is 46.0 Å². The Kier molecular flexibility index (Phi) is 10.8. The smallest absolute Gasteiger partial charge is 0.176 e. The monoisotopic (exact) mass is 607 g/mol. The van der Waals surface area contributed by atoms with Crippen LogP contribution in [0.4, 0.5) is 0 Å². The Morgan fingerprint density at radius 2 is 1.24 bits per heavy atom. The molecule has 3 fully saturated rings. The molecule has 0 aromatic heterocycles. The van der Waals surface area contributed by atoms with Crippen LogP contribution in [0.1, 0.15) is 5.56 Å². The molecule has 3 heterocycles. The lowest BCUT2D eigenvalue weighted by molar-refractivity contribution is -0.360. The second kappa shape index (κ2) is 13.6. The second-order valence-electron chi connectivity index (χ2n) is 10.9. The molecular weight excluding hydrogens is 566 g/mol. The third kappa shape index (κ3) is 6.42. The highest BCUT2D eigenvalue weighted by molar-refractivity contribution is 5.27. The van der Waals surface area contributed by atoms with E-state index in [1.165, 1.54) is 24.3 Å². The Hall–Kier alpha value is -1.62. The number of rotatable bonds is 9. The van der Waals surface area contributed by atoms with Crippen molar-refractivity contribution in [2.45, 2.75) is 97.8 Å². The second-order valence-corrected chi connectivity index (χ2v) is 10.9. The van der Waals surface area contributed by atoms with Crippen molar-refractivity contribution < 1.29 is 69.6 Å². The van der Waals surface area contributed by atoms with E-state index >= 15 is 0 Å². The van der Waals surface area contributed by atoms with E-state index < -0.39 is 111 Å². The molecule has 42 heavy (non-hydrogen) atoms. The molecule has 0 aliphatic carbocycles. The minimum absolute atomic E-state index is 0.0111. The normalized spacial score (nSPS) is 46.5. The first-order valence-electron chi connectivity index (χ1n) is 13.4. The van der Waals surface area contributed by atoms with Crippen LogP contribution in [0.5, 0.6) is 5.75 Å². The molecule has 17 nitrogen and oxygen atoms in total. The zero-order valence-electron chi connectivity index (χ0n) is 22.5. The van der Waals surface area contributed by atoms with Crippen LogP contribution in [0.15, 0.2) is 24.3 Å². The average molecular weight is 608 g/mol. The Bertz CT molecular complexity index is 1010. The number of ether oxygens (including phenoxy) is 5. The summed E-state index contributed by atoms with van der Waals surface area (Å²) in [6.07, 6.45) is -16.6. The summed E-state index contributed by atoms with van der Waals surface area (Å²) >= 11 is 0. The highest BCUT2D eigenvalue weighted by atomic mass is 16.7. The lowest BCUT2D eigenvalue weighted by atomic mass is 9.82. The van der Waals surface area contributed by atoms with Gasteiger partial charge in [-0.1, -0.05) is 12.1 Å². The van der Waals surface area contributed by atoms with Crippen molar-refractivity contribution in [1.29, 1.82) is 0 Å². The van der Waals surface area contributed by atoms with Gasteiger partial charge in [-0.2, -0.15) is 0 Å². The largest absolute Gasteiger partial charge is 0.508 e. The van der Waals surface area contributed by atoms with Gasteiger partial charge in [-0.05, 0) is 17.7 Å². The molecule has 15 N–H and O–H groups in total. The van der Waals surface area contributed by atoms with Crippen molar-refractivity contribution in [2.24, 2.45) is 17.2 Å². The van der Waals surface area contributed by atoms with Crippen LogP contribution < -0.4 is 17.2 Å². The fourth-order valence-electron chi connectivity index (χ4n) is 5.43. The summed E-state index contributed by atoms with van der Waals surface area (Å²) in [7, 11) is 0. The molecule has 1 aromatic rings. The molecule has 0 bridgehead atoms. The van der Waals surface area contributed by atoms with E-state index in [1.54, 1.807) is 0 Å². The van der Waals surface area contributed by atoms with Crippen LogP contribution >= 0.6 is 0 Å². The first-order chi connectivity index (χ1) is 19.9. The Morgan fingerprint density at radius 1 is 0.714 bits per heavy atom. The third-order valence-corrected chi connectivity index (χ3v) is 8.03. The standard InChI is InChI=1S/C25H41N3O14/c26-13-16(33)19(11(6-29)38-22(13)37)40-23-14(27)17(34)20(12(7-30)39-23)41-24-15(28)18(35)21(36)25(8-31,42-24)5-9-1-3-10(32)4-2-9/h1-4,11-24,29-37H,5-8,26-28H2/t11-,12-,13-,14-,15-,16-,17-,18-,19?,20?,21+,22-,23+,24+,25-/m1/s1. The minimum atomic E-state index is -1.82. The van der Waals surface area contributed by atoms with Crippen molar-refractivity contribution in [3.8, 4) is 5.75 Å². The van der Waals surface area contributed by atoms with Crippen LogP contribution in [0.25, 0.3) is 0 Å². The van der Waals surface area contributed by atoms with Crippen molar-refractivity contribution >= 4 is 0 Å². The minimum Gasteiger partial charge on any atom is -0.508 e. The molecule has 0 amide bonds. The fourth-order valence-corrected chi connectivity index (χ4v) is 5.43. The van der Waals surface area contributed by atoms with Crippen LogP contribution in [0, 0.1) is 0 Å². The van der Waals surface area contributed by atoms with Gasteiger partial charge in [0.2, 0.25) is 0 Å². The van der Waals surface area contributed by atoms with Crippen molar-refractivity contribution in [3.05, 3.63) is 29.8 Å². The SMILES string of the molecule is N[C@H]1[C@@H](OC2[C@@H](CO)O[C@@H](OC3[C@@H](CO)O[C@@H](O)[C@H](N)[C@H]3O)[C@H](N)[C@H]2O)O[C@@](CO)(Cc2ccc(O)cc2)[C@@H](O)[C@@H]1O. The van der Waals surface area contributed by atoms with Crippen LogP contribution in [-0.2, 0) is 30.1 Å². The van der Waals surface area contributed by atoms with Gasteiger partial charge in [0.1, 0.15) is 60.2 Å². The van der Waals surface area contributed by atoms with E-state index in [0.29, 0.717) is 5.56 Å². The number of aliphatic hydroxyl groups is 8. The average Bonchev–Trinajstić information content (AvgIpc) is 2.98. The summed E-state index contributed by atoms with van der Waals surface area (Å²) in [5.74, 6) is -0.0111. The van der Waals surface area contributed by atoms with E-state index in [4.69, 9.17) is 40.9 Å². The molecule has 3 aliphatic heterocycles. The van der Waals surface area contributed by atoms with Crippen molar-refractivity contribution in [2.75, 3.05) is 19.8 Å². The number of hydrogen-bond donors (Lipinski definition) is 12. The number of phenols is 1. The molecule has 0 spiro atoms. The number of aliphatic hydroxyl groups excluding tert-OH is 8. The van der Waals surface area contributed by atoms with Gasteiger partial charge in [-0.15, -0.1) is 0 Å². The zero-order chi connectivity index (χ0) is 30.9. The topological polar surface area (TPSA) is 306 Å². The van der Waals surface area contributed by atoms with Gasteiger partial charge >= 0.3 is 0 Å². The summed E-state index contributed by atoms with van der Waals surface area (Å²) in [6, 6.07) is 1.78. The highest BCUT2D eigenvalue weighted by Gasteiger charge is 2.56. The fraction of sp³-hybridized carbons (Fsp3) is 0.760. The maximum Gasteiger partial charge on any atom is 0.176 e. The van der Waals surface area contributed by atoms with Gasteiger partial charge in [0.25, 0.3) is 0 Å². The maximum absolute atomic E-state index is 11.1. The van der Waals surface area contributed by atoms with Gasteiger partial charge in [-0.25, -0.2) is 0 Å². The van der Waals surface area contributed by atoms with Gasteiger partial charge < -0.3 is 86.8 Å². The summed E-state index contributed by atoms with van der Waals surface area (Å²) in [4.78, 5) is 0. The molecule has 2 unspecified atom stereocenters. The van der Waals surface area contributed by atoms with E-state index in [1.807, 2.05) is 0 Å². The Morgan fingerprint density at radius 3 is 1.81 bits per heavy atom. The maximum atomic E-state index is 11.1. The number of nitrogens with two attached hydrogens (primary N) is 3. The zero-order valence-corrected chi connectivity index (χ0v) is 22.5. The molecule has 240 valence electrons. The Labute approximate surface area is 240 Å². The van der Waals surface area contributed by atoms with E-state index in [-0.39, 0.29) is 12.2 Å². The first-order valence-corrected chi connectivity index (χ1v) is 13.4. The summed E-state index contributed by atoms with van der Waals surface area (Å²) in [5.41, 5.74) is 16.7. The van der Waals surface area contributed by atoms with Gasteiger partial charge in [0.15, 0.2) is 18.9 Å². The predicted molar refractivity (Wildman–Crippen MR) is 138 cm³/mol. The summed E-state index contributed by atoms with van der Waals surface area (Å²) in [6.45, 7) is -2.20. The number of hydrogen-bond acceptors (Lipinski definition) is 17. The van der Waals surface area contributed by atoms with Crippen LogP contribution in [0.3, 0.4) is 0 Å². The number of benzene rings is 1.